The largest absolute Gasteiger partial charge is 0.394 e. The number of ether oxygens (including phenoxy) is 1. The zero-order valence-electron chi connectivity index (χ0n) is 16.8. The van der Waals surface area contributed by atoms with Gasteiger partial charge in [0.2, 0.25) is 10.7 Å². The highest BCUT2D eigenvalue weighted by Crippen LogP contribution is 2.40. The van der Waals surface area contributed by atoms with Crippen LogP contribution in [0.5, 0.6) is 0 Å². The lowest BCUT2D eigenvalue weighted by molar-refractivity contribution is -0.219. The van der Waals surface area contributed by atoms with Crippen molar-refractivity contribution in [2.75, 3.05) is 6.61 Å². The third-order valence-electron chi connectivity index (χ3n) is 5.57. The van der Waals surface area contributed by atoms with Crippen LogP contribution in [0.2, 0.25) is 0 Å². The van der Waals surface area contributed by atoms with E-state index in [1.54, 1.807) is 0 Å². The first-order valence-corrected chi connectivity index (χ1v) is 10.4. The van der Waals surface area contributed by atoms with E-state index in [0.717, 1.165) is 24.0 Å². The van der Waals surface area contributed by atoms with Gasteiger partial charge in [-0.15, -0.1) is 5.10 Å². The topological polar surface area (TPSA) is 122 Å². The Balaban J connectivity index is 1.81. The van der Waals surface area contributed by atoms with Gasteiger partial charge in [0.15, 0.2) is 12.1 Å². The van der Waals surface area contributed by atoms with Crippen LogP contribution >= 0.6 is 12.2 Å². The van der Waals surface area contributed by atoms with Crippen molar-refractivity contribution in [3.05, 3.63) is 34.6 Å². The van der Waals surface area contributed by atoms with Gasteiger partial charge in [-0.05, 0) is 32.0 Å². The standard InChI is InChI=1S/C20H26N4O5S/c1-10-3-5-12(6-4-10)18-22-24(20(30)23(18)13-7-8-13)19-15(21-11(2)26)17(28)16(27)14(9-25)29-19/h3-6,13-17,19,25,27-28H,7-9H2,1-2H3,(H,21,26)/t14-,15+,16+,17-,19+/m0/s1. The molecular formula is C20H26N4O5S. The van der Waals surface area contributed by atoms with Crippen LogP contribution in [0.1, 0.15) is 37.6 Å². The maximum atomic E-state index is 11.8. The summed E-state index contributed by atoms with van der Waals surface area (Å²) in [6.07, 6.45) is -2.77. The number of nitrogens with one attached hydrogen (secondary N) is 1. The molecule has 0 unspecified atom stereocenters. The van der Waals surface area contributed by atoms with Gasteiger partial charge in [-0.25, -0.2) is 4.68 Å². The monoisotopic (exact) mass is 434 g/mol. The lowest BCUT2D eigenvalue weighted by Crippen LogP contribution is -2.62. The zero-order chi connectivity index (χ0) is 21.6. The van der Waals surface area contributed by atoms with Crippen LogP contribution in [0, 0.1) is 11.7 Å². The Morgan fingerprint density at radius 3 is 2.50 bits per heavy atom. The Bertz CT molecular complexity index is 984. The van der Waals surface area contributed by atoms with Crippen molar-refractivity contribution in [3.8, 4) is 11.4 Å². The fraction of sp³-hybridized carbons (Fsp3) is 0.550. The Kier molecular flexibility index (Phi) is 5.78. The second kappa shape index (κ2) is 8.20. The lowest BCUT2D eigenvalue weighted by atomic mass is 9.96. The first-order valence-electron chi connectivity index (χ1n) is 9.99. The molecule has 0 radical (unpaired) electrons. The van der Waals surface area contributed by atoms with Crippen LogP contribution in [0.15, 0.2) is 24.3 Å². The van der Waals surface area contributed by atoms with Crippen molar-refractivity contribution < 1.29 is 24.9 Å². The molecule has 2 aromatic rings. The Labute approximate surface area is 178 Å². The predicted molar refractivity (Wildman–Crippen MR) is 110 cm³/mol. The molecule has 1 saturated carbocycles. The lowest BCUT2D eigenvalue weighted by Gasteiger charge is -2.42. The van der Waals surface area contributed by atoms with Gasteiger partial charge in [0.1, 0.15) is 24.4 Å². The van der Waals surface area contributed by atoms with E-state index in [-0.39, 0.29) is 6.04 Å². The van der Waals surface area contributed by atoms with E-state index in [0.29, 0.717) is 10.6 Å². The molecule has 1 aliphatic heterocycles. The highest BCUT2D eigenvalue weighted by atomic mass is 32.1. The van der Waals surface area contributed by atoms with Crippen molar-refractivity contribution >= 4 is 18.1 Å². The molecule has 10 heteroatoms. The maximum Gasteiger partial charge on any atom is 0.217 e. The molecule has 1 amide bonds. The number of amides is 1. The first-order chi connectivity index (χ1) is 14.3. The second-order valence-electron chi connectivity index (χ2n) is 7.97. The molecule has 1 aliphatic carbocycles. The van der Waals surface area contributed by atoms with Crippen molar-refractivity contribution in [2.45, 2.75) is 63.3 Å². The molecule has 162 valence electrons. The summed E-state index contributed by atoms with van der Waals surface area (Å²) in [6.45, 7) is 2.82. The number of hydrogen-bond acceptors (Lipinski definition) is 7. The van der Waals surface area contributed by atoms with E-state index in [2.05, 4.69) is 5.32 Å². The summed E-state index contributed by atoms with van der Waals surface area (Å²) in [4.78, 5) is 11.8. The predicted octanol–water partition coefficient (Wildman–Crippen LogP) is 0.841. The molecule has 4 rings (SSSR count). The minimum Gasteiger partial charge on any atom is -0.394 e. The Morgan fingerprint density at radius 1 is 1.27 bits per heavy atom. The average molecular weight is 435 g/mol. The van der Waals surface area contributed by atoms with E-state index < -0.39 is 43.1 Å². The number of carbonyl (C=O) groups is 1. The number of aryl methyl sites for hydroxylation is 1. The van der Waals surface area contributed by atoms with Crippen LogP contribution in [0.3, 0.4) is 0 Å². The van der Waals surface area contributed by atoms with E-state index in [4.69, 9.17) is 22.1 Å². The molecule has 1 saturated heterocycles. The van der Waals surface area contributed by atoms with Crippen LogP contribution in [-0.2, 0) is 9.53 Å². The number of carbonyl (C=O) groups excluding carboxylic acids is 1. The number of hydrogen-bond donors (Lipinski definition) is 4. The van der Waals surface area contributed by atoms with Gasteiger partial charge < -0.3 is 25.4 Å². The molecule has 2 aliphatic rings. The third-order valence-corrected chi connectivity index (χ3v) is 5.95. The quantitative estimate of drug-likeness (QED) is 0.515. The number of nitrogens with zero attached hydrogens (tertiary/aromatic N) is 3. The summed E-state index contributed by atoms with van der Waals surface area (Å²) in [5.74, 6) is 0.281. The van der Waals surface area contributed by atoms with Crippen LogP contribution in [0.4, 0.5) is 0 Å². The molecule has 1 aromatic carbocycles. The fourth-order valence-corrected chi connectivity index (χ4v) is 4.20. The molecular weight excluding hydrogens is 408 g/mol. The van der Waals surface area contributed by atoms with Gasteiger partial charge in [0.25, 0.3) is 0 Å². The number of rotatable bonds is 5. The molecule has 1 aromatic heterocycles. The minimum atomic E-state index is -1.36. The summed E-state index contributed by atoms with van der Waals surface area (Å²) in [7, 11) is 0. The molecule has 2 heterocycles. The summed E-state index contributed by atoms with van der Waals surface area (Å²) in [5.41, 5.74) is 2.02. The Morgan fingerprint density at radius 2 is 1.93 bits per heavy atom. The summed E-state index contributed by atoms with van der Waals surface area (Å²) in [5, 5.41) is 37.8. The van der Waals surface area contributed by atoms with E-state index in [1.807, 2.05) is 35.8 Å². The number of aliphatic hydroxyl groups excluding tert-OH is 3. The molecule has 5 atom stereocenters. The van der Waals surface area contributed by atoms with Crippen molar-refractivity contribution in [3.63, 3.8) is 0 Å². The third kappa shape index (κ3) is 3.81. The van der Waals surface area contributed by atoms with Gasteiger partial charge in [-0.3, -0.25) is 9.36 Å². The maximum absolute atomic E-state index is 11.8. The van der Waals surface area contributed by atoms with Gasteiger partial charge in [-0.1, -0.05) is 29.8 Å². The van der Waals surface area contributed by atoms with Gasteiger partial charge >= 0.3 is 0 Å². The highest BCUT2D eigenvalue weighted by molar-refractivity contribution is 7.71. The minimum absolute atomic E-state index is 0.231. The number of aliphatic hydroxyl groups is 3. The normalized spacial score (nSPS) is 29.0. The summed E-state index contributed by atoms with van der Waals surface area (Å²) >= 11 is 5.71. The van der Waals surface area contributed by atoms with Gasteiger partial charge in [0, 0.05) is 18.5 Å². The van der Waals surface area contributed by atoms with Crippen molar-refractivity contribution in [1.82, 2.24) is 19.7 Å². The molecule has 2 fully saturated rings. The molecule has 4 N–H and O–H groups in total. The highest BCUT2D eigenvalue weighted by Gasteiger charge is 2.47. The smallest absolute Gasteiger partial charge is 0.217 e. The second-order valence-corrected chi connectivity index (χ2v) is 8.34. The number of aromatic nitrogens is 3. The van der Waals surface area contributed by atoms with E-state index in [1.165, 1.54) is 11.6 Å². The SMILES string of the molecule is CC(=O)N[C@@H]1[C@H](O)[C@H](O)[C@H](CO)O[C@H]1n1nc(-c2ccc(C)cc2)n(C2CC2)c1=S. The summed E-state index contributed by atoms with van der Waals surface area (Å²) < 4.78 is 9.70. The number of benzene rings is 1. The summed E-state index contributed by atoms with van der Waals surface area (Å²) in [6, 6.07) is 7.17. The first kappa shape index (κ1) is 21.1. The fourth-order valence-electron chi connectivity index (χ4n) is 3.82. The van der Waals surface area contributed by atoms with Crippen LogP contribution in [-0.4, -0.2) is 66.5 Å². The van der Waals surface area contributed by atoms with Gasteiger partial charge in [0.05, 0.1) is 6.61 Å². The molecule has 0 spiro atoms. The van der Waals surface area contributed by atoms with Crippen LogP contribution in [0.25, 0.3) is 11.4 Å². The Hall–Kier alpha value is -2.11. The van der Waals surface area contributed by atoms with E-state index in [9.17, 15) is 20.1 Å². The zero-order valence-corrected chi connectivity index (χ0v) is 17.6. The molecule has 30 heavy (non-hydrogen) atoms. The van der Waals surface area contributed by atoms with Crippen molar-refractivity contribution in [1.29, 1.82) is 0 Å². The molecule has 0 bridgehead atoms. The average Bonchev–Trinajstić information content (AvgIpc) is 3.49. The van der Waals surface area contributed by atoms with Gasteiger partial charge in [-0.2, -0.15) is 0 Å². The molecule has 9 nitrogen and oxygen atoms in total. The van der Waals surface area contributed by atoms with E-state index >= 15 is 0 Å². The van der Waals surface area contributed by atoms with Crippen molar-refractivity contribution in [2.24, 2.45) is 0 Å². The van der Waals surface area contributed by atoms with Crippen LogP contribution < -0.4 is 5.32 Å².